The quantitative estimate of drug-likeness (QED) is 0.160. The van der Waals surface area contributed by atoms with E-state index in [4.69, 9.17) is 0 Å². The second-order valence-electron chi connectivity index (χ2n) is 14.4. The highest BCUT2D eigenvalue weighted by Gasteiger charge is 2.19. The Labute approximate surface area is 319 Å². The van der Waals surface area contributed by atoms with Gasteiger partial charge in [0, 0.05) is 45.7 Å². The van der Waals surface area contributed by atoms with Gasteiger partial charge in [0.25, 0.3) is 0 Å². The first kappa shape index (κ1) is 30.2. The summed E-state index contributed by atoms with van der Waals surface area (Å²) in [6.45, 7) is 0. The molecule has 250 valence electrons. The first-order chi connectivity index (χ1) is 26.8. The molecule has 12 aromatic rings. The Morgan fingerprint density at radius 2 is 0.796 bits per heavy atom. The lowest BCUT2D eigenvalue weighted by atomic mass is 9.85. The van der Waals surface area contributed by atoms with Gasteiger partial charge in [-0.2, -0.15) is 0 Å². The molecule has 0 aliphatic heterocycles. The van der Waals surface area contributed by atoms with Gasteiger partial charge in [0.2, 0.25) is 0 Å². The Morgan fingerprint density at radius 3 is 1.54 bits per heavy atom. The maximum absolute atomic E-state index is 2.46. The zero-order valence-electron chi connectivity index (χ0n) is 29.1. The molecular weight excluding hydrogens is 689 g/mol. The fourth-order valence-corrected chi connectivity index (χ4v) is 11.3. The molecule has 0 amide bonds. The van der Waals surface area contributed by atoms with E-state index in [1.165, 1.54) is 117 Å². The fourth-order valence-electron chi connectivity index (χ4n) is 8.98. The third-order valence-corrected chi connectivity index (χ3v) is 13.8. The number of benzene rings is 10. The molecule has 0 bridgehead atoms. The van der Waals surface area contributed by atoms with Crippen LogP contribution in [0.5, 0.6) is 0 Å². The summed E-state index contributed by atoms with van der Waals surface area (Å²) >= 11 is 3.83. The topological polar surface area (TPSA) is 0 Å². The molecule has 12 rings (SSSR count). The third kappa shape index (κ3) is 4.42. The molecule has 0 saturated carbocycles. The van der Waals surface area contributed by atoms with E-state index in [9.17, 15) is 0 Å². The largest absolute Gasteiger partial charge is 0.135 e. The highest BCUT2D eigenvalue weighted by Crippen LogP contribution is 2.48. The van der Waals surface area contributed by atoms with Crippen molar-refractivity contribution in [2.24, 2.45) is 0 Å². The van der Waals surface area contributed by atoms with Crippen LogP contribution in [0.4, 0.5) is 0 Å². The summed E-state index contributed by atoms with van der Waals surface area (Å²) < 4.78 is 5.42. The van der Waals surface area contributed by atoms with E-state index < -0.39 is 0 Å². The average molecular weight is 719 g/mol. The molecule has 2 heterocycles. The molecule has 54 heavy (non-hydrogen) atoms. The predicted octanol–water partition coefficient (Wildman–Crippen LogP) is 16.0. The number of hydrogen-bond donors (Lipinski definition) is 0. The Bertz CT molecular complexity index is 3430. The van der Waals surface area contributed by atoms with Gasteiger partial charge in [-0.1, -0.05) is 146 Å². The molecule has 0 radical (unpaired) electrons. The van der Waals surface area contributed by atoms with Crippen LogP contribution in [0.25, 0.3) is 117 Å². The molecule has 0 aliphatic rings. The molecule has 0 atom stereocenters. The van der Waals surface area contributed by atoms with Gasteiger partial charge in [-0.25, -0.2) is 0 Å². The van der Waals surface area contributed by atoms with Crippen molar-refractivity contribution in [1.29, 1.82) is 0 Å². The summed E-state index contributed by atoms with van der Waals surface area (Å²) in [4.78, 5) is 0. The SMILES string of the molecule is c1ccc(-c2ccc3ccc(-c4c5ccccc5c(-c5ccc6sc7c(ccc8ccc9sc%10ccccc%10c9c87)c6c5)c5ccccc45)cc3c2)cc1. The molecule has 10 aromatic carbocycles. The first-order valence-electron chi connectivity index (χ1n) is 18.5. The van der Waals surface area contributed by atoms with Crippen LogP contribution < -0.4 is 0 Å². The van der Waals surface area contributed by atoms with Gasteiger partial charge in [0.1, 0.15) is 0 Å². The zero-order chi connectivity index (χ0) is 35.3. The number of fused-ring (bicyclic) bond motifs is 12. The Balaban J connectivity index is 1.09. The summed E-state index contributed by atoms with van der Waals surface area (Å²) in [5, 5.41) is 15.7. The molecule has 0 saturated heterocycles. The van der Waals surface area contributed by atoms with Crippen molar-refractivity contribution >= 4 is 106 Å². The standard InChI is InChI=1S/C52H30S2/c1-2-10-31(11-3-1)34-20-18-32-19-21-35(29-37(32)28-34)48-38-12-4-6-14-40(38)49(41-15-7-5-13-39(41)48)36-24-26-46-44(30-36)42-25-22-33-23-27-47-51(50(33)52(42)54-46)43-16-8-9-17-45(43)53-47/h1-30H. The second-order valence-corrected chi connectivity index (χ2v) is 16.5. The zero-order valence-corrected chi connectivity index (χ0v) is 30.8. The van der Waals surface area contributed by atoms with E-state index >= 15 is 0 Å². The van der Waals surface area contributed by atoms with Gasteiger partial charge in [0.05, 0.1) is 0 Å². The van der Waals surface area contributed by atoms with Crippen molar-refractivity contribution in [3.63, 3.8) is 0 Å². The van der Waals surface area contributed by atoms with Crippen LogP contribution in [0, 0.1) is 0 Å². The number of hydrogen-bond acceptors (Lipinski definition) is 2. The minimum atomic E-state index is 1.24. The monoisotopic (exact) mass is 718 g/mol. The molecular formula is C52H30S2. The van der Waals surface area contributed by atoms with Crippen LogP contribution in [0.1, 0.15) is 0 Å². The molecule has 0 spiro atoms. The van der Waals surface area contributed by atoms with Crippen LogP contribution in [-0.2, 0) is 0 Å². The summed E-state index contributed by atoms with van der Waals surface area (Å²) in [5.41, 5.74) is 7.56. The lowest BCUT2D eigenvalue weighted by molar-refractivity contribution is 1.64. The molecule has 0 fully saturated rings. The van der Waals surface area contributed by atoms with Crippen molar-refractivity contribution in [3.05, 3.63) is 182 Å². The van der Waals surface area contributed by atoms with E-state index in [0.29, 0.717) is 0 Å². The van der Waals surface area contributed by atoms with E-state index in [0.717, 1.165) is 0 Å². The molecule has 0 aliphatic carbocycles. The average Bonchev–Trinajstić information content (AvgIpc) is 3.81. The van der Waals surface area contributed by atoms with Gasteiger partial charge in [0.15, 0.2) is 0 Å². The number of rotatable bonds is 3. The lowest BCUT2D eigenvalue weighted by Crippen LogP contribution is -1.91. The number of thiophene rings is 2. The van der Waals surface area contributed by atoms with Crippen LogP contribution in [-0.4, -0.2) is 0 Å². The normalized spacial score (nSPS) is 12.1. The van der Waals surface area contributed by atoms with Gasteiger partial charge >= 0.3 is 0 Å². The lowest BCUT2D eigenvalue weighted by Gasteiger charge is -2.18. The smallest absolute Gasteiger partial charge is 0.0440 e. The minimum absolute atomic E-state index is 1.24. The van der Waals surface area contributed by atoms with Crippen LogP contribution >= 0.6 is 22.7 Å². The third-order valence-electron chi connectivity index (χ3n) is 11.4. The van der Waals surface area contributed by atoms with Gasteiger partial charge in [-0.15, -0.1) is 22.7 Å². The Hall–Kier alpha value is -6.32. The molecule has 2 heteroatoms. The van der Waals surface area contributed by atoms with Crippen LogP contribution in [0.3, 0.4) is 0 Å². The summed E-state index contributed by atoms with van der Waals surface area (Å²) in [6, 6.07) is 67.8. The highest BCUT2D eigenvalue weighted by molar-refractivity contribution is 7.28. The summed E-state index contributed by atoms with van der Waals surface area (Å²) in [5.74, 6) is 0. The van der Waals surface area contributed by atoms with Crippen molar-refractivity contribution in [2.45, 2.75) is 0 Å². The van der Waals surface area contributed by atoms with Gasteiger partial charge in [-0.3, -0.25) is 0 Å². The Kier molecular flexibility index (Phi) is 6.48. The van der Waals surface area contributed by atoms with Crippen molar-refractivity contribution in [3.8, 4) is 33.4 Å². The van der Waals surface area contributed by atoms with E-state index in [2.05, 4.69) is 182 Å². The van der Waals surface area contributed by atoms with Crippen molar-refractivity contribution in [2.75, 3.05) is 0 Å². The Morgan fingerprint density at radius 1 is 0.259 bits per heavy atom. The highest BCUT2D eigenvalue weighted by atomic mass is 32.1. The van der Waals surface area contributed by atoms with Gasteiger partial charge in [-0.05, 0) is 107 Å². The molecule has 0 unspecified atom stereocenters. The van der Waals surface area contributed by atoms with E-state index in [-0.39, 0.29) is 0 Å². The summed E-state index contributed by atoms with van der Waals surface area (Å²) in [6.07, 6.45) is 0. The molecule has 0 nitrogen and oxygen atoms in total. The molecule has 0 N–H and O–H groups in total. The summed E-state index contributed by atoms with van der Waals surface area (Å²) in [7, 11) is 0. The maximum atomic E-state index is 2.46. The van der Waals surface area contributed by atoms with Crippen molar-refractivity contribution in [1.82, 2.24) is 0 Å². The maximum Gasteiger partial charge on any atom is 0.0440 e. The molecule has 2 aromatic heterocycles. The van der Waals surface area contributed by atoms with E-state index in [1.54, 1.807) is 0 Å². The fraction of sp³-hybridized carbons (Fsp3) is 0. The second kappa shape index (κ2) is 11.6. The van der Waals surface area contributed by atoms with Gasteiger partial charge < -0.3 is 0 Å². The predicted molar refractivity (Wildman–Crippen MR) is 239 cm³/mol. The van der Waals surface area contributed by atoms with Crippen molar-refractivity contribution < 1.29 is 0 Å². The minimum Gasteiger partial charge on any atom is -0.135 e. The van der Waals surface area contributed by atoms with E-state index in [1.807, 2.05) is 22.7 Å². The van der Waals surface area contributed by atoms with Crippen LogP contribution in [0.2, 0.25) is 0 Å². The van der Waals surface area contributed by atoms with Crippen LogP contribution in [0.15, 0.2) is 182 Å². The first-order valence-corrected chi connectivity index (χ1v) is 20.1.